The topological polar surface area (TPSA) is 84.4 Å². The summed E-state index contributed by atoms with van der Waals surface area (Å²) in [4.78, 5) is 34.0. The molecule has 0 spiro atoms. The van der Waals surface area contributed by atoms with Crippen LogP contribution < -0.4 is 10.1 Å². The lowest BCUT2D eigenvalue weighted by atomic mass is 9.94. The van der Waals surface area contributed by atoms with E-state index in [1.807, 2.05) is 31.2 Å². The number of hydrogen-bond acceptors (Lipinski definition) is 5. The lowest BCUT2D eigenvalue weighted by Gasteiger charge is -2.32. The lowest BCUT2D eigenvalue weighted by Crippen LogP contribution is -2.44. The van der Waals surface area contributed by atoms with Crippen molar-refractivity contribution in [3.63, 3.8) is 0 Å². The first kappa shape index (κ1) is 18.8. The second-order valence-electron chi connectivity index (χ2n) is 6.75. The molecule has 1 atom stereocenters. The minimum Gasteiger partial charge on any atom is -0.437 e. The van der Waals surface area contributed by atoms with Crippen LogP contribution in [0.25, 0.3) is 0 Å². The number of benzene rings is 1. The predicted molar refractivity (Wildman–Crippen MR) is 101 cm³/mol. The summed E-state index contributed by atoms with van der Waals surface area (Å²) in [5, 5.41) is 2.56. The van der Waals surface area contributed by atoms with Crippen LogP contribution in [0.5, 0.6) is 11.6 Å². The molecule has 0 unspecified atom stereocenters. The highest BCUT2D eigenvalue weighted by atomic mass is 16.5. The summed E-state index contributed by atoms with van der Waals surface area (Å²) in [5.41, 5.74) is 1.91. The van der Waals surface area contributed by atoms with Gasteiger partial charge in [-0.25, -0.2) is 4.98 Å². The van der Waals surface area contributed by atoms with Crippen LogP contribution in [0.2, 0.25) is 0 Å². The molecule has 1 N–H and O–H groups in total. The number of carbonyl (C=O) groups excluding carboxylic acids is 2. The van der Waals surface area contributed by atoms with E-state index in [0.29, 0.717) is 24.7 Å². The first-order valence-electron chi connectivity index (χ1n) is 9.10. The van der Waals surface area contributed by atoms with Gasteiger partial charge in [-0.05, 0) is 31.9 Å². The molecular weight excluding hydrogens is 344 g/mol. The van der Waals surface area contributed by atoms with E-state index in [-0.39, 0.29) is 24.3 Å². The largest absolute Gasteiger partial charge is 0.437 e. The number of amides is 2. The zero-order valence-electron chi connectivity index (χ0n) is 15.6. The highest BCUT2D eigenvalue weighted by molar-refractivity contribution is 5.83. The molecule has 2 aromatic rings. The molecule has 1 aliphatic rings. The summed E-state index contributed by atoms with van der Waals surface area (Å²) < 4.78 is 5.96. The van der Waals surface area contributed by atoms with Crippen LogP contribution in [-0.2, 0) is 9.59 Å². The van der Waals surface area contributed by atoms with E-state index in [2.05, 4.69) is 15.3 Å². The zero-order valence-corrected chi connectivity index (χ0v) is 15.6. The van der Waals surface area contributed by atoms with Crippen molar-refractivity contribution in [3.8, 4) is 11.6 Å². The van der Waals surface area contributed by atoms with Crippen molar-refractivity contribution in [2.75, 3.05) is 19.6 Å². The predicted octanol–water partition coefficient (Wildman–Crippen LogP) is 2.42. The standard InChI is InChI=1S/C20H24N4O3/c1-14-5-7-17(8-6-14)27-20-19(21-9-10-22-20)16-4-3-11-24(13-16)18(26)12-23-15(2)25/h5-10,16H,3-4,11-13H2,1-2H3,(H,23,25)/t16-/m0/s1. The molecule has 1 aromatic heterocycles. The number of piperidine rings is 1. The highest BCUT2D eigenvalue weighted by Gasteiger charge is 2.28. The molecule has 2 heterocycles. The number of ether oxygens (including phenoxy) is 1. The van der Waals surface area contributed by atoms with E-state index < -0.39 is 0 Å². The first-order chi connectivity index (χ1) is 13.0. The molecule has 142 valence electrons. The molecule has 1 fully saturated rings. The van der Waals surface area contributed by atoms with Gasteiger partial charge < -0.3 is 15.0 Å². The Morgan fingerprint density at radius 2 is 1.96 bits per heavy atom. The van der Waals surface area contributed by atoms with Gasteiger partial charge in [0.15, 0.2) is 0 Å². The summed E-state index contributed by atoms with van der Waals surface area (Å²) in [6.07, 6.45) is 5.04. The molecule has 27 heavy (non-hydrogen) atoms. The van der Waals surface area contributed by atoms with Crippen molar-refractivity contribution in [2.24, 2.45) is 0 Å². The van der Waals surface area contributed by atoms with E-state index >= 15 is 0 Å². The molecule has 0 saturated carbocycles. The number of nitrogens with one attached hydrogen (secondary N) is 1. The van der Waals surface area contributed by atoms with Crippen LogP contribution in [-0.4, -0.2) is 46.3 Å². The van der Waals surface area contributed by atoms with Crippen LogP contribution in [0.1, 0.15) is 36.9 Å². The number of hydrogen-bond donors (Lipinski definition) is 1. The number of nitrogens with zero attached hydrogens (tertiary/aromatic N) is 3. The van der Waals surface area contributed by atoms with Gasteiger partial charge in [0, 0.05) is 38.3 Å². The summed E-state index contributed by atoms with van der Waals surface area (Å²) in [6.45, 7) is 4.67. The van der Waals surface area contributed by atoms with Gasteiger partial charge in [0.1, 0.15) is 11.4 Å². The summed E-state index contributed by atoms with van der Waals surface area (Å²) >= 11 is 0. The van der Waals surface area contributed by atoms with Gasteiger partial charge in [0.05, 0.1) is 6.54 Å². The Kier molecular flexibility index (Phi) is 6.01. The fraction of sp³-hybridized carbons (Fsp3) is 0.400. The molecule has 0 aliphatic carbocycles. The third kappa shape index (κ3) is 5.03. The number of likely N-dealkylation sites (tertiary alicyclic amines) is 1. The molecule has 1 aromatic carbocycles. The normalized spacial score (nSPS) is 16.7. The molecule has 1 aliphatic heterocycles. The SMILES string of the molecule is CC(=O)NCC(=O)N1CCC[C@H](c2nccnc2Oc2ccc(C)cc2)C1. The number of aromatic nitrogens is 2. The third-order valence-corrected chi connectivity index (χ3v) is 4.58. The van der Waals surface area contributed by atoms with E-state index in [1.165, 1.54) is 6.92 Å². The van der Waals surface area contributed by atoms with Crippen LogP contribution >= 0.6 is 0 Å². The molecule has 7 nitrogen and oxygen atoms in total. The summed E-state index contributed by atoms with van der Waals surface area (Å²) in [6, 6.07) is 7.76. The quantitative estimate of drug-likeness (QED) is 0.876. The minimum absolute atomic E-state index is 0.0231. The number of rotatable bonds is 5. The minimum atomic E-state index is -0.209. The van der Waals surface area contributed by atoms with Crippen LogP contribution in [0.3, 0.4) is 0 Å². The Hall–Kier alpha value is -2.96. The van der Waals surface area contributed by atoms with E-state index in [4.69, 9.17) is 4.74 Å². The van der Waals surface area contributed by atoms with Crippen molar-refractivity contribution >= 4 is 11.8 Å². The monoisotopic (exact) mass is 368 g/mol. The fourth-order valence-electron chi connectivity index (χ4n) is 3.15. The van der Waals surface area contributed by atoms with E-state index in [0.717, 1.165) is 24.1 Å². The van der Waals surface area contributed by atoms with Crippen molar-refractivity contribution < 1.29 is 14.3 Å². The second kappa shape index (κ2) is 8.62. The average Bonchev–Trinajstić information content (AvgIpc) is 2.68. The van der Waals surface area contributed by atoms with E-state index in [1.54, 1.807) is 17.3 Å². The summed E-state index contributed by atoms with van der Waals surface area (Å²) in [5.74, 6) is 0.938. The van der Waals surface area contributed by atoms with Gasteiger partial charge >= 0.3 is 0 Å². The molecular formula is C20H24N4O3. The van der Waals surface area contributed by atoms with Crippen LogP contribution in [0.15, 0.2) is 36.7 Å². The van der Waals surface area contributed by atoms with Crippen molar-refractivity contribution in [2.45, 2.75) is 32.6 Å². The average molecular weight is 368 g/mol. The van der Waals surface area contributed by atoms with E-state index in [9.17, 15) is 9.59 Å². The maximum absolute atomic E-state index is 12.3. The van der Waals surface area contributed by atoms with Gasteiger partial charge in [-0.15, -0.1) is 0 Å². The smallest absolute Gasteiger partial charge is 0.241 e. The molecule has 3 rings (SSSR count). The van der Waals surface area contributed by atoms with Crippen molar-refractivity contribution in [3.05, 3.63) is 47.9 Å². The second-order valence-corrected chi connectivity index (χ2v) is 6.75. The Labute approximate surface area is 158 Å². The maximum atomic E-state index is 12.3. The number of carbonyl (C=O) groups is 2. The Balaban J connectivity index is 1.72. The third-order valence-electron chi connectivity index (χ3n) is 4.58. The van der Waals surface area contributed by atoms with Crippen molar-refractivity contribution in [1.82, 2.24) is 20.2 Å². The first-order valence-corrected chi connectivity index (χ1v) is 9.10. The Morgan fingerprint density at radius 3 is 2.70 bits per heavy atom. The molecule has 0 bridgehead atoms. The maximum Gasteiger partial charge on any atom is 0.241 e. The molecule has 7 heteroatoms. The lowest BCUT2D eigenvalue weighted by molar-refractivity contribution is -0.133. The summed E-state index contributed by atoms with van der Waals surface area (Å²) in [7, 11) is 0. The van der Waals surface area contributed by atoms with Crippen LogP contribution in [0, 0.1) is 6.92 Å². The Bertz CT molecular complexity index is 807. The van der Waals surface area contributed by atoms with Gasteiger partial charge in [0.2, 0.25) is 17.7 Å². The van der Waals surface area contributed by atoms with Gasteiger partial charge in [-0.3, -0.25) is 14.6 Å². The fourth-order valence-corrected chi connectivity index (χ4v) is 3.15. The van der Waals surface area contributed by atoms with Crippen molar-refractivity contribution in [1.29, 1.82) is 0 Å². The highest BCUT2D eigenvalue weighted by Crippen LogP contribution is 2.32. The van der Waals surface area contributed by atoms with Crippen LogP contribution in [0.4, 0.5) is 0 Å². The molecule has 2 amide bonds. The Morgan fingerprint density at radius 1 is 1.22 bits per heavy atom. The number of aryl methyl sites for hydroxylation is 1. The zero-order chi connectivity index (χ0) is 19.2. The van der Waals surface area contributed by atoms with Gasteiger partial charge in [-0.1, -0.05) is 17.7 Å². The molecule has 0 radical (unpaired) electrons. The van der Waals surface area contributed by atoms with Gasteiger partial charge in [-0.2, -0.15) is 0 Å². The van der Waals surface area contributed by atoms with Gasteiger partial charge in [0.25, 0.3) is 0 Å². The molecule has 1 saturated heterocycles.